The van der Waals surface area contributed by atoms with Gasteiger partial charge in [0.05, 0.1) is 16.3 Å². The number of halogens is 1. The normalized spacial score (nSPS) is 14.9. The quantitative estimate of drug-likeness (QED) is 0.407. The van der Waals surface area contributed by atoms with E-state index in [0.29, 0.717) is 28.4 Å². The molecule has 0 saturated carbocycles. The van der Waals surface area contributed by atoms with Crippen LogP contribution in [0.15, 0.2) is 30.3 Å². The zero-order valence-corrected chi connectivity index (χ0v) is 22.6. The van der Waals surface area contributed by atoms with E-state index in [0.717, 1.165) is 44.8 Å². The third-order valence-electron chi connectivity index (χ3n) is 6.78. The minimum atomic E-state index is -0.405. The second-order valence-electron chi connectivity index (χ2n) is 9.62. The Morgan fingerprint density at radius 2 is 1.73 bits per heavy atom. The number of likely N-dealkylation sites (N-methyl/N-ethyl adjacent to an activating group) is 1. The summed E-state index contributed by atoms with van der Waals surface area (Å²) in [7, 11) is 0. The van der Waals surface area contributed by atoms with E-state index in [1.807, 2.05) is 39.0 Å². The lowest BCUT2D eigenvalue weighted by atomic mass is 9.98. The van der Waals surface area contributed by atoms with Gasteiger partial charge in [0.1, 0.15) is 11.5 Å². The second-order valence-corrected chi connectivity index (χ2v) is 10.0. The van der Waals surface area contributed by atoms with Gasteiger partial charge in [0.25, 0.3) is 5.91 Å². The average Bonchev–Trinajstić information content (AvgIpc) is 3.29. The first-order valence-electron chi connectivity index (χ1n) is 12.8. The summed E-state index contributed by atoms with van der Waals surface area (Å²) >= 11 is 6.81. The fourth-order valence-corrected chi connectivity index (χ4v) is 4.95. The van der Waals surface area contributed by atoms with Crippen molar-refractivity contribution in [2.45, 2.75) is 40.2 Å². The number of amides is 1. The molecule has 2 aromatic carbocycles. The predicted molar refractivity (Wildman–Crippen MR) is 145 cm³/mol. The monoisotopic (exact) mass is 526 g/mol. The van der Waals surface area contributed by atoms with E-state index in [1.165, 1.54) is 6.07 Å². The van der Waals surface area contributed by atoms with Gasteiger partial charge in [-0.2, -0.15) is 0 Å². The largest absolute Gasteiger partial charge is 0.508 e. The van der Waals surface area contributed by atoms with Gasteiger partial charge < -0.3 is 20.4 Å². The zero-order valence-electron chi connectivity index (χ0n) is 21.8. The molecule has 1 fully saturated rings. The van der Waals surface area contributed by atoms with Crippen LogP contribution in [-0.4, -0.2) is 80.0 Å². The summed E-state index contributed by atoms with van der Waals surface area (Å²) in [6.45, 7) is 14.3. The molecule has 9 nitrogen and oxygen atoms in total. The van der Waals surface area contributed by atoms with Crippen molar-refractivity contribution in [3.05, 3.63) is 52.3 Å². The van der Waals surface area contributed by atoms with Gasteiger partial charge in [-0.25, -0.2) is 0 Å². The van der Waals surface area contributed by atoms with Crippen molar-refractivity contribution in [3.63, 3.8) is 0 Å². The third kappa shape index (κ3) is 5.74. The molecule has 1 amide bonds. The summed E-state index contributed by atoms with van der Waals surface area (Å²) in [6, 6.07) is 8.73. The number of nitrogens with zero attached hydrogens (tertiary/aromatic N) is 5. The zero-order chi connectivity index (χ0) is 26.7. The van der Waals surface area contributed by atoms with E-state index in [1.54, 1.807) is 10.6 Å². The molecule has 2 heterocycles. The van der Waals surface area contributed by atoms with Crippen molar-refractivity contribution in [1.82, 2.24) is 29.9 Å². The topological polar surface area (TPSA) is 107 Å². The number of aromatic nitrogens is 3. The van der Waals surface area contributed by atoms with Crippen molar-refractivity contribution >= 4 is 17.5 Å². The third-order valence-corrected chi connectivity index (χ3v) is 7.09. The van der Waals surface area contributed by atoms with E-state index in [2.05, 4.69) is 32.2 Å². The Bertz CT molecular complexity index is 1270. The van der Waals surface area contributed by atoms with Crippen molar-refractivity contribution in [2.75, 3.05) is 39.3 Å². The average molecular weight is 527 g/mol. The highest BCUT2D eigenvalue weighted by atomic mass is 35.5. The number of benzene rings is 2. The van der Waals surface area contributed by atoms with Crippen LogP contribution in [0, 0.1) is 0 Å². The molecular weight excluding hydrogens is 492 g/mol. The summed E-state index contributed by atoms with van der Waals surface area (Å²) < 4.78 is 1.56. The van der Waals surface area contributed by atoms with Crippen LogP contribution in [-0.2, 0) is 6.54 Å². The minimum Gasteiger partial charge on any atom is -0.508 e. The number of aromatic hydroxyl groups is 2. The molecule has 4 rings (SSSR count). The van der Waals surface area contributed by atoms with Crippen molar-refractivity contribution in [3.8, 4) is 28.6 Å². The standard InChI is InChI=1S/C27H35ClN6O3/c1-5-29-27(37)26-31-30-25(20-14-19(17(3)4)23(35)15-24(20)36)34(26)22-8-7-18(13-21(22)28)16-33-11-9-32(6-2)10-12-33/h7-8,13-15,17,35-36H,5-6,9-12,16H2,1-4H3,(H,29,37). The van der Waals surface area contributed by atoms with Gasteiger partial charge in [-0.1, -0.05) is 38.4 Å². The molecule has 3 N–H and O–H groups in total. The summed E-state index contributed by atoms with van der Waals surface area (Å²) in [5.74, 6) is -0.268. The van der Waals surface area contributed by atoms with Gasteiger partial charge in [-0.15, -0.1) is 10.2 Å². The van der Waals surface area contributed by atoms with Gasteiger partial charge in [0.2, 0.25) is 5.82 Å². The number of piperazine rings is 1. The highest BCUT2D eigenvalue weighted by molar-refractivity contribution is 6.32. The molecule has 10 heteroatoms. The van der Waals surface area contributed by atoms with Crippen LogP contribution in [0.1, 0.15) is 55.4 Å². The molecule has 3 aromatic rings. The molecule has 198 valence electrons. The Morgan fingerprint density at radius 3 is 2.35 bits per heavy atom. The van der Waals surface area contributed by atoms with E-state index >= 15 is 0 Å². The van der Waals surface area contributed by atoms with E-state index in [9.17, 15) is 15.0 Å². The molecule has 0 aliphatic carbocycles. The van der Waals surface area contributed by atoms with Gasteiger partial charge in [-0.3, -0.25) is 14.3 Å². The number of phenols is 2. The maximum Gasteiger partial charge on any atom is 0.289 e. The molecule has 0 unspecified atom stereocenters. The van der Waals surface area contributed by atoms with Crippen LogP contribution in [0.5, 0.6) is 11.5 Å². The molecule has 1 aromatic heterocycles. The molecule has 0 atom stereocenters. The van der Waals surface area contributed by atoms with E-state index in [-0.39, 0.29) is 29.1 Å². The predicted octanol–water partition coefficient (Wildman–Crippen LogP) is 4.01. The van der Waals surface area contributed by atoms with Crippen LogP contribution < -0.4 is 5.32 Å². The Balaban J connectivity index is 1.75. The van der Waals surface area contributed by atoms with Gasteiger partial charge in [0, 0.05) is 45.3 Å². The maximum atomic E-state index is 12.9. The fourth-order valence-electron chi connectivity index (χ4n) is 4.66. The Morgan fingerprint density at radius 1 is 1.03 bits per heavy atom. The molecule has 0 spiro atoms. The molecular formula is C27H35ClN6O3. The summed E-state index contributed by atoms with van der Waals surface area (Å²) in [5, 5.41) is 32.7. The molecule has 37 heavy (non-hydrogen) atoms. The van der Waals surface area contributed by atoms with Crippen LogP contribution >= 0.6 is 11.6 Å². The van der Waals surface area contributed by atoms with E-state index in [4.69, 9.17) is 11.6 Å². The number of carbonyl (C=O) groups is 1. The van der Waals surface area contributed by atoms with Crippen LogP contribution in [0.3, 0.4) is 0 Å². The number of rotatable bonds is 8. The second kappa shape index (κ2) is 11.5. The van der Waals surface area contributed by atoms with Crippen LogP contribution in [0.4, 0.5) is 0 Å². The number of carbonyl (C=O) groups excluding carboxylic acids is 1. The molecule has 1 aliphatic rings. The number of phenolic OH excluding ortho intramolecular Hbond substituents is 2. The van der Waals surface area contributed by atoms with Gasteiger partial charge >= 0.3 is 0 Å². The van der Waals surface area contributed by atoms with Crippen molar-refractivity contribution in [2.24, 2.45) is 0 Å². The van der Waals surface area contributed by atoms with Crippen molar-refractivity contribution in [1.29, 1.82) is 0 Å². The highest BCUT2D eigenvalue weighted by Crippen LogP contribution is 2.39. The highest BCUT2D eigenvalue weighted by Gasteiger charge is 2.25. The number of nitrogens with one attached hydrogen (secondary N) is 1. The Hall–Kier alpha value is -3.14. The molecule has 1 aliphatic heterocycles. The fraction of sp³-hybridized carbons (Fsp3) is 0.444. The lowest BCUT2D eigenvalue weighted by molar-refractivity contribution is 0.0943. The molecule has 0 bridgehead atoms. The minimum absolute atomic E-state index is 0.000598. The number of hydrogen-bond acceptors (Lipinski definition) is 7. The first-order chi connectivity index (χ1) is 17.7. The van der Waals surface area contributed by atoms with Crippen LogP contribution in [0.25, 0.3) is 17.1 Å². The SMILES string of the molecule is CCNC(=O)c1nnc(-c2cc(C(C)C)c(O)cc2O)n1-c1ccc(CN2CCN(CC)CC2)cc1Cl. The summed E-state index contributed by atoms with van der Waals surface area (Å²) in [6.07, 6.45) is 0. The molecule has 1 saturated heterocycles. The Kier molecular flexibility index (Phi) is 8.36. The van der Waals surface area contributed by atoms with Gasteiger partial charge in [-0.05, 0) is 48.7 Å². The van der Waals surface area contributed by atoms with Crippen molar-refractivity contribution < 1.29 is 15.0 Å². The summed E-state index contributed by atoms with van der Waals surface area (Å²) in [4.78, 5) is 17.7. The number of hydrogen-bond donors (Lipinski definition) is 3. The summed E-state index contributed by atoms with van der Waals surface area (Å²) in [5.41, 5.74) is 2.59. The van der Waals surface area contributed by atoms with Crippen LogP contribution in [0.2, 0.25) is 5.02 Å². The first kappa shape index (κ1) is 26.9. The lowest BCUT2D eigenvalue weighted by Gasteiger charge is -2.34. The lowest BCUT2D eigenvalue weighted by Crippen LogP contribution is -2.45. The van der Waals surface area contributed by atoms with Gasteiger partial charge in [0.15, 0.2) is 5.82 Å². The van der Waals surface area contributed by atoms with E-state index < -0.39 is 5.91 Å². The smallest absolute Gasteiger partial charge is 0.289 e. The Labute approximate surface area is 222 Å². The maximum absolute atomic E-state index is 12.9. The molecule has 0 radical (unpaired) electrons. The first-order valence-corrected chi connectivity index (χ1v) is 13.1.